The number of nitrogens with zero attached hydrogens (tertiary/aromatic N) is 5. The average molecular weight is 688 g/mol. The molecule has 0 saturated carbocycles. The Bertz CT molecular complexity index is 2080. The second-order valence-electron chi connectivity index (χ2n) is 12.5. The van der Waals surface area contributed by atoms with E-state index in [-0.39, 0.29) is 33.7 Å². The summed E-state index contributed by atoms with van der Waals surface area (Å²) in [6.45, 7) is 4.74. The molecule has 8 rings (SSSR count). The second-order valence-corrected chi connectivity index (χ2v) is 12.9. The number of piperazine rings is 1. The first kappa shape index (κ1) is 31.5. The predicted octanol–water partition coefficient (Wildman–Crippen LogP) is 5.93. The first-order valence-corrected chi connectivity index (χ1v) is 16.3. The van der Waals surface area contributed by atoms with Crippen molar-refractivity contribution in [3.63, 3.8) is 0 Å². The lowest BCUT2D eigenvalue weighted by molar-refractivity contribution is -0.0705. The number of rotatable bonds is 7. The van der Waals surface area contributed by atoms with Gasteiger partial charge in [-0.3, -0.25) is 9.88 Å². The lowest BCUT2D eigenvalue weighted by Gasteiger charge is -2.44. The highest BCUT2D eigenvalue weighted by Crippen LogP contribution is 2.51. The standard InChI is InChI=1S/C36H32ClF2N5O5/c1-36(24-9-8-23(37)15-25(24)38)48-31-7-3-6-27(34(31)49-36)43-12-11-42(29-19-47-20-30(29)43)18-32-41-33-26(39)13-22(35(45)46-2)14-28(33)44(32)17-21-5-4-10-40-16-21/h3-10,13-16,29-30H,11-12,17-20H2,1-2H3/t29-,30+,36?/m0/s1. The molecule has 0 bridgehead atoms. The van der Waals surface area contributed by atoms with Crippen molar-refractivity contribution >= 4 is 34.3 Å². The Kier molecular flexibility index (Phi) is 7.89. The van der Waals surface area contributed by atoms with Gasteiger partial charge in [-0.15, -0.1) is 0 Å². The van der Waals surface area contributed by atoms with Gasteiger partial charge in [0, 0.05) is 37.4 Å². The minimum atomic E-state index is -1.38. The van der Waals surface area contributed by atoms with E-state index in [1.54, 1.807) is 37.5 Å². The molecule has 3 aromatic carbocycles. The number of ether oxygens (including phenoxy) is 4. The number of halogens is 3. The van der Waals surface area contributed by atoms with Gasteiger partial charge in [-0.25, -0.2) is 18.6 Å². The summed E-state index contributed by atoms with van der Waals surface area (Å²) in [4.78, 5) is 26.0. The number of hydrogen-bond donors (Lipinski definition) is 0. The summed E-state index contributed by atoms with van der Waals surface area (Å²) in [6.07, 6.45) is 3.45. The molecule has 2 fully saturated rings. The molecule has 49 heavy (non-hydrogen) atoms. The third kappa shape index (κ3) is 5.53. The van der Waals surface area contributed by atoms with E-state index in [4.69, 9.17) is 35.5 Å². The van der Waals surface area contributed by atoms with Gasteiger partial charge >= 0.3 is 5.97 Å². The highest BCUT2D eigenvalue weighted by molar-refractivity contribution is 6.30. The minimum absolute atomic E-state index is 0.0193. The monoisotopic (exact) mass is 687 g/mol. The first-order chi connectivity index (χ1) is 23.7. The zero-order valence-corrected chi connectivity index (χ0v) is 27.5. The molecular formula is C36H32ClF2N5O5. The van der Waals surface area contributed by atoms with Crippen LogP contribution in [0.15, 0.2) is 73.1 Å². The van der Waals surface area contributed by atoms with Crippen LogP contribution >= 0.6 is 11.6 Å². The fraction of sp³-hybridized carbons (Fsp3) is 0.306. The Morgan fingerprint density at radius 1 is 1.02 bits per heavy atom. The van der Waals surface area contributed by atoms with Crippen molar-refractivity contribution in [3.05, 3.63) is 112 Å². The number of methoxy groups -OCH3 is 1. The lowest BCUT2D eigenvalue weighted by Crippen LogP contribution is -2.59. The summed E-state index contributed by atoms with van der Waals surface area (Å²) < 4.78 is 56.0. The molecular weight excluding hydrogens is 656 g/mol. The van der Waals surface area contributed by atoms with Crippen LogP contribution in [0, 0.1) is 11.6 Å². The van der Waals surface area contributed by atoms with Gasteiger partial charge < -0.3 is 28.4 Å². The third-order valence-corrected chi connectivity index (χ3v) is 9.76. The van der Waals surface area contributed by atoms with Gasteiger partial charge in [0.15, 0.2) is 17.3 Å². The molecule has 3 aliphatic rings. The van der Waals surface area contributed by atoms with Crippen LogP contribution in [0.2, 0.25) is 5.02 Å². The molecule has 0 amide bonds. The summed E-state index contributed by atoms with van der Waals surface area (Å²) in [5.74, 6) is -1.41. The molecule has 13 heteroatoms. The molecule has 0 aliphatic carbocycles. The molecule has 0 radical (unpaired) electrons. The van der Waals surface area contributed by atoms with E-state index in [0.717, 1.165) is 17.3 Å². The van der Waals surface area contributed by atoms with Crippen LogP contribution in [0.1, 0.15) is 34.2 Å². The van der Waals surface area contributed by atoms with Crippen molar-refractivity contribution in [1.29, 1.82) is 0 Å². The number of pyridine rings is 1. The molecule has 2 aromatic heterocycles. The minimum Gasteiger partial charge on any atom is -0.465 e. The SMILES string of the molecule is COC(=O)c1cc(F)c2nc(CN3CCN(c4cccc5c4OC(C)(c4ccc(Cl)cc4F)O5)[C@@H]4COC[C@@H]43)n(Cc3cccnc3)c2c1. The van der Waals surface area contributed by atoms with Gasteiger partial charge in [-0.1, -0.05) is 23.7 Å². The van der Waals surface area contributed by atoms with Gasteiger partial charge in [0.25, 0.3) is 5.79 Å². The summed E-state index contributed by atoms with van der Waals surface area (Å²) in [5.41, 5.74) is 2.77. The van der Waals surface area contributed by atoms with Crippen LogP contribution in [0.3, 0.4) is 0 Å². The maximum atomic E-state index is 15.4. The van der Waals surface area contributed by atoms with Crippen LogP contribution in [0.4, 0.5) is 14.5 Å². The second kappa shape index (κ2) is 12.3. The Morgan fingerprint density at radius 2 is 1.88 bits per heavy atom. The molecule has 10 nitrogen and oxygen atoms in total. The maximum Gasteiger partial charge on any atom is 0.338 e. The van der Waals surface area contributed by atoms with Gasteiger partial charge in [0.2, 0.25) is 0 Å². The largest absolute Gasteiger partial charge is 0.465 e. The maximum absolute atomic E-state index is 15.4. The highest BCUT2D eigenvalue weighted by atomic mass is 35.5. The smallest absolute Gasteiger partial charge is 0.338 e. The van der Waals surface area contributed by atoms with Crippen LogP contribution in [-0.2, 0) is 28.4 Å². The van der Waals surface area contributed by atoms with E-state index in [1.807, 2.05) is 34.9 Å². The Hall–Kier alpha value is -4.78. The number of anilines is 1. The average Bonchev–Trinajstić information content (AvgIpc) is 3.81. The van der Waals surface area contributed by atoms with Crippen molar-refractivity contribution in [3.8, 4) is 11.5 Å². The number of benzene rings is 3. The van der Waals surface area contributed by atoms with Crippen LogP contribution < -0.4 is 14.4 Å². The van der Waals surface area contributed by atoms with E-state index in [2.05, 4.69) is 14.8 Å². The number of esters is 1. The number of hydrogen-bond acceptors (Lipinski definition) is 9. The molecule has 0 spiro atoms. The molecule has 5 aromatic rings. The number of aromatic nitrogens is 3. The van der Waals surface area contributed by atoms with Gasteiger partial charge in [-0.2, -0.15) is 0 Å². The predicted molar refractivity (Wildman–Crippen MR) is 177 cm³/mol. The fourth-order valence-electron chi connectivity index (χ4n) is 7.17. The fourth-order valence-corrected chi connectivity index (χ4v) is 7.32. The normalized spacial score (nSPS) is 21.7. The van der Waals surface area contributed by atoms with Crippen molar-refractivity contribution in [2.75, 3.05) is 38.3 Å². The van der Waals surface area contributed by atoms with Gasteiger partial charge in [0.05, 0.1) is 67.8 Å². The Labute approximate surface area is 285 Å². The highest BCUT2D eigenvalue weighted by Gasteiger charge is 2.46. The van der Waals surface area contributed by atoms with Gasteiger partial charge in [-0.05, 0) is 54.1 Å². The Balaban J connectivity index is 1.10. The van der Waals surface area contributed by atoms with E-state index in [9.17, 15) is 4.79 Å². The molecule has 3 aliphatic heterocycles. The summed E-state index contributed by atoms with van der Waals surface area (Å²) in [6, 6.07) is 16.6. The molecule has 2 saturated heterocycles. The van der Waals surface area contributed by atoms with E-state index in [1.165, 1.54) is 13.2 Å². The van der Waals surface area contributed by atoms with Crippen LogP contribution in [-0.4, -0.2) is 70.9 Å². The summed E-state index contributed by atoms with van der Waals surface area (Å²) >= 11 is 6.01. The summed E-state index contributed by atoms with van der Waals surface area (Å²) in [5, 5.41) is 0.287. The molecule has 5 heterocycles. The van der Waals surface area contributed by atoms with Crippen LogP contribution in [0.5, 0.6) is 11.5 Å². The number of carbonyl (C=O) groups is 1. The third-order valence-electron chi connectivity index (χ3n) is 9.52. The van der Waals surface area contributed by atoms with Gasteiger partial charge in [0.1, 0.15) is 17.2 Å². The number of fused-ring (bicyclic) bond motifs is 3. The zero-order valence-electron chi connectivity index (χ0n) is 26.7. The Morgan fingerprint density at radius 3 is 2.67 bits per heavy atom. The zero-order chi connectivity index (χ0) is 33.9. The van der Waals surface area contributed by atoms with Crippen molar-refractivity contribution < 1.29 is 32.5 Å². The molecule has 3 atom stereocenters. The quantitative estimate of drug-likeness (QED) is 0.193. The number of carbonyl (C=O) groups excluding carboxylic acids is 1. The van der Waals surface area contributed by atoms with Crippen molar-refractivity contribution in [2.24, 2.45) is 0 Å². The number of imidazole rings is 1. The van der Waals surface area contributed by atoms with Crippen LogP contribution in [0.25, 0.3) is 11.0 Å². The lowest BCUT2D eigenvalue weighted by atomic mass is 10.0. The first-order valence-electron chi connectivity index (χ1n) is 15.9. The van der Waals surface area contributed by atoms with E-state index < -0.39 is 23.4 Å². The molecule has 0 N–H and O–H groups in total. The van der Waals surface area contributed by atoms with E-state index in [0.29, 0.717) is 62.2 Å². The molecule has 1 unspecified atom stereocenters. The van der Waals surface area contributed by atoms with Crippen molar-refractivity contribution in [1.82, 2.24) is 19.4 Å². The van der Waals surface area contributed by atoms with Crippen molar-refractivity contribution in [2.45, 2.75) is 37.9 Å². The topological polar surface area (TPSA) is 91.2 Å². The summed E-state index contributed by atoms with van der Waals surface area (Å²) in [7, 11) is 1.27. The van der Waals surface area contributed by atoms with E-state index >= 15 is 8.78 Å². The number of para-hydroxylation sites is 1. The molecule has 252 valence electrons.